The number of esters is 1. The van der Waals surface area contributed by atoms with E-state index in [2.05, 4.69) is 10.6 Å². The molecule has 2 aromatic rings. The first-order valence-electron chi connectivity index (χ1n) is 11.5. The minimum absolute atomic E-state index is 0.00906. The Kier molecular flexibility index (Phi) is 6.74. The number of nitrogens with zero attached hydrogens (tertiary/aromatic N) is 2. The minimum Gasteiger partial charge on any atom is -0.462 e. The Hall–Kier alpha value is -3.21. The molecule has 1 aromatic carbocycles. The van der Waals surface area contributed by atoms with Gasteiger partial charge in [0.25, 0.3) is 0 Å². The minimum atomic E-state index is -1.09. The van der Waals surface area contributed by atoms with Gasteiger partial charge >= 0.3 is 12.1 Å². The maximum Gasteiger partial charge on any atom is 0.411 e. The van der Waals surface area contributed by atoms with E-state index >= 15 is 8.78 Å². The molecule has 2 aliphatic rings. The van der Waals surface area contributed by atoms with E-state index in [9.17, 15) is 14.4 Å². The van der Waals surface area contributed by atoms with Crippen molar-refractivity contribution in [2.45, 2.75) is 45.7 Å². The van der Waals surface area contributed by atoms with Crippen LogP contribution in [0, 0.1) is 11.6 Å². The first-order chi connectivity index (χ1) is 16.3. The Morgan fingerprint density at radius 2 is 1.88 bits per heavy atom. The fourth-order valence-corrected chi connectivity index (χ4v) is 4.32. The highest BCUT2D eigenvalue weighted by Crippen LogP contribution is 2.42. The normalized spacial score (nSPS) is 18.1. The highest BCUT2D eigenvalue weighted by molar-refractivity contribution is 6.04. The molecular weight excluding hydrogens is 450 g/mol. The number of halogens is 2. The number of nitrogens with one attached hydrogen (secondary N) is 2. The van der Waals surface area contributed by atoms with Crippen LogP contribution in [0.1, 0.15) is 50.0 Å². The van der Waals surface area contributed by atoms with Gasteiger partial charge in [-0.3, -0.25) is 10.1 Å². The summed E-state index contributed by atoms with van der Waals surface area (Å²) >= 11 is 0. The van der Waals surface area contributed by atoms with Gasteiger partial charge in [-0.2, -0.15) is 0 Å². The molecule has 2 N–H and O–H groups in total. The Morgan fingerprint density at radius 1 is 1.18 bits per heavy atom. The fourth-order valence-electron chi connectivity index (χ4n) is 4.32. The highest BCUT2D eigenvalue weighted by Gasteiger charge is 2.35. The number of hydrogen-bond acceptors (Lipinski definition) is 7. The molecule has 1 unspecified atom stereocenters. The summed E-state index contributed by atoms with van der Waals surface area (Å²) < 4.78 is 43.4. The van der Waals surface area contributed by atoms with Crippen molar-refractivity contribution in [1.29, 1.82) is 0 Å². The summed E-state index contributed by atoms with van der Waals surface area (Å²) in [6.45, 7) is 6.26. The molecule has 0 spiro atoms. The molecule has 0 bridgehead atoms. The van der Waals surface area contributed by atoms with Crippen LogP contribution in [-0.4, -0.2) is 55.5 Å². The van der Waals surface area contributed by atoms with Crippen molar-refractivity contribution in [3.63, 3.8) is 0 Å². The van der Waals surface area contributed by atoms with Gasteiger partial charge in [-0.25, -0.2) is 18.4 Å². The molecule has 2 heterocycles. The van der Waals surface area contributed by atoms with Crippen molar-refractivity contribution in [3.05, 3.63) is 33.6 Å². The fraction of sp³-hybridized carbons (Fsp3) is 0.522. The molecule has 4 rings (SSSR count). The number of pyridine rings is 1. The summed E-state index contributed by atoms with van der Waals surface area (Å²) in [5, 5.41) is 5.08. The number of rotatable bonds is 6. The molecule has 1 amide bonds. The number of fused-ring (bicyclic) bond motifs is 1. The zero-order valence-electron chi connectivity index (χ0n) is 19.4. The molecule has 9 nitrogen and oxygen atoms in total. The average Bonchev–Trinajstić information content (AvgIpc) is 3.62. The van der Waals surface area contributed by atoms with Crippen molar-refractivity contribution < 1.29 is 27.8 Å². The Bertz CT molecular complexity index is 1190. The lowest BCUT2D eigenvalue weighted by Gasteiger charge is -2.34. The van der Waals surface area contributed by atoms with Crippen molar-refractivity contribution in [1.82, 2.24) is 9.88 Å². The lowest BCUT2D eigenvalue weighted by atomic mass is 10.0. The third-order valence-corrected chi connectivity index (χ3v) is 5.95. The van der Waals surface area contributed by atoms with E-state index in [0.29, 0.717) is 32.5 Å². The number of anilines is 2. The molecular formula is C23H28F2N4O5. The second-order valence-electron chi connectivity index (χ2n) is 8.45. The van der Waals surface area contributed by atoms with Crippen molar-refractivity contribution in [3.8, 4) is 0 Å². The average molecular weight is 478 g/mol. The standard InChI is InChI=1S/C23H28F2N4O5/c1-4-33-22(31)14-11-29(13-6-7-13)19-15(21(14)30)18(27-23(32)34-5-2)16(24)20(17(19)25)28-9-8-26-12(3)10-28/h11-13,26H,4-10H2,1-3H3,(H,27,32). The number of amides is 1. The van der Waals surface area contributed by atoms with Crippen molar-refractivity contribution in [2.75, 3.05) is 43.1 Å². The van der Waals surface area contributed by atoms with Gasteiger partial charge in [-0.1, -0.05) is 0 Å². The van der Waals surface area contributed by atoms with E-state index in [-0.39, 0.29) is 42.1 Å². The van der Waals surface area contributed by atoms with Crippen LogP contribution < -0.4 is 21.0 Å². The molecule has 1 aromatic heterocycles. The van der Waals surface area contributed by atoms with Gasteiger partial charge < -0.3 is 24.3 Å². The Morgan fingerprint density at radius 3 is 2.50 bits per heavy atom. The van der Waals surface area contributed by atoms with Crippen molar-refractivity contribution >= 4 is 34.3 Å². The van der Waals surface area contributed by atoms with E-state index in [1.165, 1.54) is 10.8 Å². The number of aromatic nitrogens is 1. The quantitative estimate of drug-likeness (QED) is 0.615. The Labute approximate surface area is 195 Å². The molecule has 1 atom stereocenters. The second kappa shape index (κ2) is 9.57. The van der Waals surface area contributed by atoms with Gasteiger partial charge in [0.2, 0.25) is 5.43 Å². The molecule has 1 aliphatic heterocycles. The summed E-state index contributed by atoms with van der Waals surface area (Å²) in [6, 6.07) is -0.192. The summed E-state index contributed by atoms with van der Waals surface area (Å²) in [7, 11) is 0. The second-order valence-corrected chi connectivity index (χ2v) is 8.45. The number of ether oxygens (including phenoxy) is 2. The number of carbonyl (C=O) groups is 2. The van der Waals surface area contributed by atoms with Crippen LogP contribution in [0.4, 0.5) is 25.0 Å². The molecule has 1 saturated carbocycles. The van der Waals surface area contributed by atoms with Gasteiger partial charge in [0, 0.05) is 37.9 Å². The molecule has 34 heavy (non-hydrogen) atoms. The van der Waals surface area contributed by atoms with Crippen molar-refractivity contribution in [2.24, 2.45) is 0 Å². The van der Waals surface area contributed by atoms with E-state index in [1.807, 2.05) is 6.92 Å². The van der Waals surface area contributed by atoms with Gasteiger partial charge in [0.05, 0.1) is 29.8 Å². The smallest absolute Gasteiger partial charge is 0.411 e. The zero-order chi connectivity index (χ0) is 24.6. The van der Waals surface area contributed by atoms with Crippen LogP contribution >= 0.6 is 0 Å². The topological polar surface area (TPSA) is 102 Å². The first kappa shape index (κ1) is 23.9. The van der Waals surface area contributed by atoms with Gasteiger partial charge in [0.1, 0.15) is 11.3 Å². The third-order valence-electron chi connectivity index (χ3n) is 5.95. The van der Waals surface area contributed by atoms with Crippen LogP contribution in [0.25, 0.3) is 10.9 Å². The SMILES string of the molecule is CCOC(=O)Nc1c(F)c(N2CCNC(C)C2)c(F)c2c1c(=O)c(C(=O)OCC)cn2C1CC1. The molecule has 0 radical (unpaired) electrons. The zero-order valence-corrected chi connectivity index (χ0v) is 19.4. The predicted octanol–water partition coefficient (Wildman–Crippen LogP) is 3.16. The van der Waals surface area contributed by atoms with Crippen LogP contribution in [0.2, 0.25) is 0 Å². The lowest BCUT2D eigenvalue weighted by Crippen LogP contribution is -2.50. The highest BCUT2D eigenvalue weighted by atomic mass is 19.1. The number of hydrogen-bond donors (Lipinski definition) is 2. The third kappa shape index (κ3) is 4.31. The van der Waals surface area contributed by atoms with E-state index in [1.54, 1.807) is 18.7 Å². The summed E-state index contributed by atoms with van der Waals surface area (Å²) in [5.41, 5.74) is -2.27. The molecule has 2 fully saturated rings. The maximum absolute atomic E-state index is 16.1. The molecule has 184 valence electrons. The summed E-state index contributed by atoms with van der Waals surface area (Å²) in [6.07, 6.45) is 1.70. The van der Waals surface area contributed by atoms with Gasteiger partial charge in [-0.15, -0.1) is 0 Å². The van der Waals surface area contributed by atoms with Crippen LogP contribution in [0.5, 0.6) is 0 Å². The van der Waals surface area contributed by atoms with Gasteiger partial charge in [-0.05, 0) is 33.6 Å². The Balaban J connectivity index is 2.05. The molecule has 1 aliphatic carbocycles. The first-order valence-corrected chi connectivity index (χ1v) is 11.5. The largest absolute Gasteiger partial charge is 0.462 e. The van der Waals surface area contributed by atoms with E-state index in [4.69, 9.17) is 9.47 Å². The maximum atomic E-state index is 16.1. The van der Waals surface area contributed by atoms with Crippen LogP contribution in [0.15, 0.2) is 11.0 Å². The van der Waals surface area contributed by atoms with E-state index < -0.39 is 40.2 Å². The summed E-state index contributed by atoms with van der Waals surface area (Å²) in [4.78, 5) is 39.7. The van der Waals surface area contributed by atoms with Crippen LogP contribution in [-0.2, 0) is 9.47 Å². The summed E-state index contributed by atoms with van der Waals surface area (Å²) in [5.74, 6) is -2.89. The number of piperazine rings is 1. The van der Waals surface area contributed by atoms with Crippen LogP contribution in [0.3, 0.4) is 0 Å². The lowest BCUT2D eigenvalue weighted by molar-refractivity contribution is 0.0524. The number of carbonyl (C=O) groups excluding carboxylic acids is 2. The molecule has 11 heteroatoms. The molecule has 1 saturated heterocycles. The number of benzene rings is 1. The predicted molar refractivity (Wildman–Crippen MR) is 123 cm³/mol. The van der Waals surface area contributed by atoms with E-state index in [0.717, 1.165) is 0 Å². The van der Waals surface area contributed by atoms with Gasteiger partial charge in [0.15, 0.2) is 11.6 Å². The monoisotopic (exact) mass is 478 g/mol.